The molecular weight excluding hydrogens is 394 g/mol. The fourth-order valence-electron chi connectivity index (χ4n) is 3.26. The number of fused-ring (bicyclic) bond motifs is 1. The van der Waals surface area contributed by atoms with Gasteiger partial charge in [-0.2, -0.15) is 5.10 Å². The standard InChI is InChI=1S/C19H16ClN7O2/c20-15-5-13(1-2-14(15)11-6-25-26(8-11)9-12-7-22-12)27-3-4-29-18-16(19(27)28)17(21)23-10-24-18/h1-2,5-8,10,12H,3-4,9H2,(H2,21,23,24). The lowest BCUT2D eigenvalue weighted by molar-refractivity contribution is 0.0990. The molecule has 3 aromatic rings. The normalized spacial score (nSPS) is 17.6. The molecule has 2 aliphatic heterocycles. The van der Waals surface area contributed by atoms with Gasteiger partial charge in [0.2, 0.25) is 5.88 Å². The minimum absolute atomic E-state index is 0.0849. The summed E-state index contributed by atoms with van der Waals surface area (Å²) in [5.74, 6) is -0.0434. The fourth-order valence-corrected chi connectivity index (χ4v) is 3.55. The van der Waals surface area contributed by atoms with Crippen molar-refractivity contribution in [1.29, 1.82) is 0 Å². The summed E-state index contributed by atoms with van der Waals surface area (Å²) < 4.78 is 7.41. The van der Waals surface area contributed by atoms with Crippen molar-refractivity contribution in [2.45, 2.75) is 12.6 Å². The number of halogens is 1. The van der Waals surface area contributed by atoms with Crippen LogP contribution in [0, 0.1) is 0 Å². The Labute approximate surface area is 170 Å². The van der Waals surface area contributed by atoms with Crippen molar-refractivity contribution in [2.24, 2.45) is 4.99 Å². The molecule has 2 aliphatic rings. The Hall–Kier alpha value is -3.46. The molecule has 0 bridgehead atoms. The number of aliphatic imine (C=N–C) groups is 1. The maximum atomic E-state index is 13.1. The number of ether oxygens (including phenoxy) is 1. The first kappa shape index (κ1) is 17.6. The van der Waals surface area contributed by atoms with Crippen molar-refractivity contribution in [1.82, 2.24) is 19.7 Å². The zero-order valence-corrected chi connectivity index (χ0v) is 16.0. The van der Waals surface area contributed by atoms with Gasteiger partial charge in [0, 0.05) is 29.2 Å². The van der Waals surface area contributed by atoms with Crippen molar-refractivity contribution in [2.75, 3.05) is 23.8 Å². The molecular formula is C19H16ClN7O2. The maximum absolute atomic E-state index is 13.1. The van der Waals surface area contributed by atoms with Crippen LogP contribution < -0.4 is 15.4 Å². The summed E-state index contributed by atoms with van der Waals surface area (Å²) in [6.07, 6.45) is 6.86. The first-order chi connectivity index (χ1) is 14.1. The molecule has 4 heterocycles. The number of hydrogen-bond acceptors (Lipinski definition) is 7. The smallest absolute Gasteiger partial charge is 0.267 e. The summed E-state index contributed by atoms with van der Waals surface area (Å²) in [6.45, 7) is 1.34. The number of carbonyl (C=O) groups is 1. The lowest BCUT2D eigenvalue weighted by Crippen LogP contribution is -2.32. The fraction of sp³-hybridized carbons (Fsp3) is 0.211. The lowest BCUT2D eigenvalue weighted by Gasteiger charge is -2.21. The zero-order valence-electron chi connectivity index (χ0n) is 15.2. The van der Waals surface area contributed by atoms with Gasteiger partial charge in [0.05, 0.1) is 24.3 Å². The van der Waals surface area contributed by atoms with E-state index in [0.717, 1.165) is 17.7 Å². The molecule has 5 rings (SSSR count). The maximum Gasteiger partial charge on any atom is 0.267 e. The van der Waals surface area contributed by atoms with Gasteiger partial charge in [0.1, 0.15) is 30.4 Å². The highest BCUT2D eigenvalue weighted by molar-refractivity contribution is 6.33. The minimum Gasteiger partial charge on any atom is -0.475 e. The van der Waals surface area contributed by atoms with E-state index in [1.54, 1.807) is 17.2 Å². The van der Waals surface area contributed by atoms with Gasteiger partial charge in [0.25, 0.3) is 5.91 Å². The third kappa shape index (κ3) is 3.29. The van der Waals surface area contributed by atoms with E-state index >= 15 is 0 Å². The highest BCUT2D eigenvalue weighted by Crippen LogP contribution is 2.33. The van der Waals surface area contributed by atoms with E-state index in [9.17, 15) is 4.79 Å². The van der Waals surface area contributed by atoms with Crippen molar-refractivity contribution in [3.05, 3.63) is 47.5 Å². The molecule has 0 spiro atoms. The Morgan fingerprint density at radius 1 is 1.31 bits per heavy atom. The third-order valence-electron chi connectivity index (χ3n) is 4.80. The van der Waals surface area contributed by atoms with Crippen LogP contribution in [0.15, 0.2) is 41.9 Å². The lowest BCUT2D eigenvalue weighted by atomic mass is 10.1. The molecule has 10 heteroatoms. The Kier molecular flexibility index (Phi) is 4.17. The molecule has 2 aromatic heterocycles. The Bertz CT molecular complexity index is 1140. The summed E-state index contributed by atoms with van der Waals surface area (Å²) in [7, 11) is 0. The topological polar surface area (TPSA) is 112 Å². The van der Waals surface area contributed by atoms with Gasteiger partial charge >= 0.3 is 0 Å². The number of carbonyl (C=O) groups excluding carboxylic acids is 1. The van der Waals surface area contributed by atoms with Crippen LogP contribution in [-0.4, -0.2) is 51.1 Å². The average Bonchev–Trinajstić information content (AvgIpc) is 3.43. The highest BCUT2D eigenvalue weighted by atomic mass is 35.5. The Morgan fingerprint density at radius 3 is 2.97 bits per heavy atom. The number of nitrogens with zero attached hydrogens (tertiary/aromatic N) is 6. The first-order valence-corrected chi connectivity index (χ1v) is 9.39. The molecule has 2 N–H and O–H groups in total. The molecule has 146 valence electrons. The summed E-state index contributed by atoms with van der Waals surface area (Å²) in [5, 5.41) is 4.87. The van der Waals surface area contributed by atoms with Gasteiger partial charge in [-0.15, -0.1) is 0 Å². The number of rotatable bonds is 4. The van der Waals surface area contributed by atoms with Crippen LogP contribution in [0.2, 0.25) is 5.02 Å². The molecule has 0 saturated carbocycles. The number of anilines is 2. The van der Waals surface area contributed by atoms with E-state index in [1.165, 1.54) is 6.33 Å². The molecule has 1 atom stereocenters. The highest BCUT2D eigenvalue weighted by Gasteiger charge is 2.29. The van der Waals surface area contributed by atoms with E-state index in [-0.39, 0.29) is 35.8 Å². The summed E-state index contributed by atoms with van der Waals surface area (Å²) >= 11 is 6.55. The van der Waals surface area contributed by atoms with Crippen LogP contribution >= 0.6 is 11.6 Å². The van der Waals surface area contributed by atoms with Gasteiger partial charge in [-0.25, -0.2) is 9.97 Å². The monoisotopic (exact) mass is 409 g/mol. The average molecular weight is 410 g/mol. The van der Waals surface area contributed by atoms with Crippen LogP contribution in [-0.2, 0) is 6.54 Å². The summed E-state index contributed by atoms with van der Waals surface area (Å²) in [4.78, 5) is 26.7. The van der Waals surface area contributed by atoms with Crippen molar-refractivity contribution in [3.8, 4) is 17.0 Å². The van der Waals surface area contributed by atoms with E-state index in [4.69, 9.17) is 22.1 Å². The first-order valence-electron chi connectivity index (χ1n) is 9.01. The third-order valence-corrected chi connectivity index (χ3v) is 5.11. The predicted molar refractivity (Wildman–Crippen MR) is 109 cm³/mol. The summed E-state index contributed by atoms with van der Waals surface area (Å²) in [5.41, 5.74) is 8.42. The Balaban J connectivity index is 1.44. The van der Waals surface area contributed by atoms with Crippen LogP contribution in [0.5, 0.6) is 5.88 Å². The number of aromatic nitrogens is 4. The van der Waals surface area contributed by atoms with E-state index < -0.39 is 0 Å². The molecule has 1 amide bonds. The SMILES string of the molecule is Nc1ncnc2c1C(=O)N(c1ccc(-c3cnn(CC4C=N4)c3)c(Cl)c1)CCO2. The molecule has 0 saturated heterocycles. The quantitative estimate of drug-likeness (QED) is 0.706. The number of hydrogen-bond donors (Lipinski definition) is 1. The van der Waals surface area contributed by atoms with Gasteiger partial charge < -0.3 is 15.4 Å². The second kappa shape index (κ2) is 6.85. The predicted octanol–water partition coefficient (Wildman–Crippen LogP) is 2.07. The Morgan fingerprint density at radius 2 is 2.17 bits per heavy atom. The molecule has 0 aliphatic carbocycles. The zero-order chi connectivity index (χ0) is 20.0. The largest absolute Gasteiger partial charge is 0.475 e. The number of nitrogens with two attached hydrogens (primary N) is 1. The van der Waals surface area contributed by atoms with Crippen LogP contribution in [0.3, 0.4) is 0 Å². The minimum atomic E-state index is -0.323. The van der Waals surface area contributed by atoms with E-state index in [2.05, 4.69) is 20.1 Å². The number of nitrogen functional groups attached to an aromatic ring is 1. The van der Waals surface area contributed by atoms with Crippen LogP contribution in [0.4, 0.5) is 11.5 Å². The second-order valence-corrected chi connectivity index (χ2v) is 7.13. The summed E-state index contributed by atoms with van der Waals surface area (Å²) in [6, 6.07) is 5.71. The molecule has 0 radical (unpaired) electrons. The van der Waals surface area contributed by atoms with Crippen LogP contribution in [0.1, 0.15) is 10.4 Å². The number of benzene rings is 1. The van der Waals surface area contributed by atoms with Crippen molar-refractivity contribution >= 4 is 35.2 Å². The van der Waals surface area contributed by atoms with Gasteiger partial charge in [-0.05, 0) is 12.1 Å². The molecule has 1 unspecified atom stereocenters. The van der Waals surface area contributed by atoms with E-state index in [0.29, 0.717) is 17.3 Å². The van der Waals surface area contributed by atoms with Crippen LogP contribution in [0.25, 0.3) is 11.1 Å². The second-order valence-electron chi connectivity index (χ2n) is 6.73. The van der Waals surface area contributed by atoms with Gasteiger partial charge in [-0.1, -0.05) is 17.7 Å². The van der Waals surface area contributed by atoms with Gasteiger partial charge in [-0.3, -0.25) is 14.5 Å². The van der Waals surface area contributed by atoms with Gasteiger partial charge in [0.15, 0.2) is 0 Å². The molecule has 0 fully saturated rings. The van der Waals surface area contributed by atoms with Crippen molar-refractivity contribution < 1.29 is 9.53 Å². The number of amides is 1. The molecule has 1 aromatic carbocycles. The molecule has 29 heavy (non-hydrogen) atoms. The van der Waals surface area contributed by atoms with Crippen molar-refractivity contribution in [3.63, 3.8) is 0 Å². The molecule has 9 nitrogen and oxygen atoms in total. The van der Waals surface area contributed by atoms with E-state index in [1.807, 2.05) is 29.2 Å².